The second kappa shape index (κ2) is 7.87. The lowest BCUT2D eigenvalue weighted by Crippen LogP contribution is -2.27. The van der Waals surface area contributed by atoms with Crippen LogP contribution in [-0.2, 0) is 20.9 Å². The normalized spacial score (nSPS) is 11.6. The minimum absolute atomic E-state index is 0.0411. The van der Waals surface area contributed by atoms with E-state index in [1.54, 1.807) is 4.57 Å². The van der Waals surface area contributed by atoms with Gasteiger partial charge < -0.3 is 19.9 Å². The van der Waals surface area contributed by atoms with Gasteiger partial charge in [-0.1, -0.05) is 0 Å². The van der Waals surface area contributed by atoms with E-state index >= 15 is 0 Å². The van der Waals surface area contributed by atoms with E-state index in [1.165, 1.54) is 6.33 Å². The third-order valence-electron chi connectivity index (χ3n) is 2.96. The Balaban J connectivity index is 2.07. The van der Waals surface area contributed by atoms with Gasteiger partial charge in [-0.05, 0) is 13.8 Å². The number of rotatable bonds is 9. The Labute approximate surface area is 127 Å². The van der Waals surface area contributed by atoms with E-state index in [1.807, 2.05) is 13.8 Å². The third kappa shape index (κ3) is 4.03. The van der Waals surface area contributed by atoms with Gasteiger partial charge in [0.2, 0.25) is 5.95 Å². The number of ether oxygens (including phenoxy) is 3. The molecule has 0 aromatic carbocycles. The van der Waals surface area contributed by atoms with Gasteiger partial charge in [0.1, 0.15) is 12.8 Å². The van der Waals surface area contributed by atoms with Gasteiger partial charge in [0.25, 0.3) is 5.56 Å². The number of hydrogen-bond donors (Lipinski definition) is 2. The van der Waals surface area contributed by atoms with Gasteiger partial charge in [0.15, 0.2) is 11.2 Å². The number of imidazole rings is 1. The van der Waals surface area contributed by atoms with Crippen LogP contribution in [0.25, 0.3) is 11.2 Å². The molecular weight excluding hydrogens is 290 g/mol. The van der Waals surface area contributed by atoms with Gasteiger partial charge >= 0.3 is 0 Å². The largest absolute Gasteiger partial charge is 0.379 e. The summed E-state index contributed by atoms with van der Waals surface area (Å²) in [4.78, 5) is 22.2. The molecule has 0 saturated heterocycles. The van der Waals surface area contributed by atoms with Crippen molar-refractivity contribution in [2.45, 2.75) is 26.7 Å². The number of nitrogens with two attached hydrogens (primary N) is 1. The Bertz CT molecular complexity index is 645. The van der Waals surface area contributed by atoms with Crippen LogP contribution in [0.15, 0.2) is 11.1 Å². The molecule has 0 radical (unpaired) electrons. The first-order valence-corrected chi connectivity index (χ1v) is 7.13. The van der Waals surface area contributed by atoms with E-state index < -0.39 is 0 Å². The van der Waals surface area contributed by atoms with E-state index in [9.17, 15) is 4.79 Å². The second-order valence-electron chi connectivity index (χ2n) is 4.57. The van der Waals surface area contributed by atoms with E-state index in [2.05, 4.69) is 15.0 Å². The molecule has 0 fully saturated rings. The smallest absolute Gasteiger partial charge is 0.280 e. The fourth-order valence-electron chi connectivity index (χ4n) is 1.89. The molecule has 9 heteroatoms. The number of hydrogen-bond acceptors (Lipinski definition) is 7. The van der Waals surface area contributed by atoms with Crippen molar-refractivity contribution in [2.75, 3.05) is 32.2 Å². The van der Waals surface area contributed by atoms with Crippen molar-refractivity contribution in [1.82, 2.24) is 19.5 Å². The van der Waals surface area contributed by atoms with Crippen LogP contribution in [0.5, 0.6) is 0 Å². The van der Waals surface area contributed by atoms with E-state index in [4.69, 9.17) is 19.9 Å². The molecule has 9 nitrogen and oxygen atoms in total. The molecule has 0 saturated carbocycles. The van der Waals surface area contributed by atoms with Gasteiger partial charge in [-0.25, -0.2) is 4.98 Å². The highest BCUT2D eigenvalue weighted by Crippen LogP contribution is 2.07. The van der Waals surface area contributed by atoms with Crippen LogP contribution in [0, 0.1) is 0 Å². The highest BCUT2D eigenvalue weighted by atomic mass is 16.6. The van der Waals surface area contributed by atoms with Gasteiger partial charge in [-0.3, -0.25) is 14.3 Å². The molecule has 2 aromatic rings. The van der Waals surface area contributed by atoms with E-state index in [0.717, 1.165) is 0 Å². The Morgan fingerprint density at radius 3 is 2.64 bits per heavy atom. The molecule has 0 aliphatic rings. The quantitative estimate of drug-likeness (QED) is 0.675. The molecule has 0 aliphatic carbocycles. The number of nitrogens with zero attached hydrogens (tertiary/aromatic N) is 3. The van der Waals surface area contributed by atoms with Crippen LogP contribution < -0.4 is 11.3 Å². The molecule has 0 spiro atoms. The lowest BCUT2D eigenvalue weighted by atomic mass is 10.4. The maximum Gasteiger partial charge on any atom is 0.280 e. The molecule has 2 aromatic heterocycles. The van der Waals surface area contributed by atoms with Crippen molar-refractivity contribution in [2.24, 2.45) is 0 Å². The average Bonchev–Trinajstić information content (AvgIpc) is 2.90. The fraction of sp³-hybridized carbons (Fsp3) is 0.615. The van der Waals surface area contributed by atoms with Crippen molar-refractivity contribution < 1.29 is 14.2 Å². The predicted molar refractivity (Wildman–Crippen MR) is 80.4 cm³/mol. The summed E-state index contributed by atoms with van der Waals surface area (Å²) >= 11 is 0. The molecule has 0 atom stereocenters. The number of nitrogens with one attached hydrogen (secondary N) is 1. The van der Waals surface area contributed by atoms with Crippen LogP contribution in [0.1, 0.15) is 13.8 Å². The second-order valence-corrected chi connectivity index (χ2v) is 4.57. The Kier molecular flexibility index (Phi) is 5.87. The first kappa shape index (κ1) is 16.4. The zero-order valence-electron chi connectivity index (χ0n) is 12.7. The lowest BCUT2D eigenvalue weighted by Gasteiger charge is -2.17. The molecule has 2 heterocycles. The van der Waals surface area contributed by atoms with E-state index in [0.29, 0.717) is 32.1 Å². The molecule has 0 aliphatic heterocycles. The molecule has 2 rings (SSSR count). The number of nitrogen functional groups attached to an aromatic ring is 1. The van der Waals surface area contributed by atoms with Crippen LogP contribution >= 0.6 is 0 Å². The summed E-state index contributed by atoms with van der Waals surface area (Å²) < 4.78 is 18.1. The maximum atomic E-state index is 11.7. The summed E-state index contributed by atoms with van der Waals surface area (Å²) in [6, 6.07) is 0. The molecule has 0 amide bonds. The molecule has 3 N–H and O–H groups in total. The first-order valence-electron chi connectivity index (χ1n) is 7.13. The van der Waals surface area contributed by atoms with Crippen molar-refractivity contribution in [3.8, 4) is 0 Å². The molecule has 0 bridgehead atoms. The third-order valence-corrected chi connectivity index (χ3v) is 2.96. The monoisotopic (exact) mass is 311 g/mol. The summed E-state index contributed by atoms with van der Waals surface area (Å²) in [7, 11) is 0. The molecule has 122 valence electrons. The van der Waals surface area contributed by atoms with Crippen molar-refractivity contribution >= 4 is 17.1 Å². The Morgan fingerprint density at radius 2 is 2.00 bits per heavy atom. The molecule has 22 heavy (non-hydrogen) atoms. The van der Waals surface area contributed by atoms with Gasteiger partial charge in [-0.15, -0.1) is 0 Å². The lowest BCUT2D eigenvalue weighted by molar-refractivity contribution is -0.0781. The Morgan fingerprint density at radius 1 is 1.32 bits per heavy atom. The minimum atomic E-state index is -0.374. The van der Waals surface area contributed by atoms with Crippen LogP contribution in [0.4, 0.5) is 5.95 Å². The van der Waals surface area contributed by atoms with Gasteiger partial charge in [0, 0.05) is 13.2 Å². The first-order chi connectivity index (χ1) is 10.7. The Hall–Kier alpha value is -1.97. The zero-order chi connectivity index (χ0) is 15.9. The van der Waals surface area contributed by atoms with Gasteiger partial charge in [-0.2, -0.15) is 4.98 Å². The zero-order valence-corrected chi connectivity index (χ0v) is 12.7. The summed E-state index contributed by atoms with van der Waals surface area (Å²) in [5.74, 6) is 0.0411. The van der Waals surface area contributed by atoms with Crippen LogP contribution in [0.2, 0.25) is 0 Å². The fourth-order valence-corrected chi connectivity index (χ4v) is 1.89. The topological polar surface area (TPSA) is 117 Å². The number of anilines is 1. The SMILES string of the molecule is CCOCC(COCC)OCn1cnc2c(=O)[nH]c(N)nc21. The predicted octanol–water partition coefficient (Wildman–Crippen LogP) is 0.118. The number of aromatic nitrogens is 4. The summed E-state index contributed by atoms with van der Waals surface area (Å²) in [5, 5.41) is 0. The summed E-state index contributed by atoms with van der Waals surface area (Å²) in [6.07, 6.45) is 1.28. The number of H-pyrrole nitrogens is 1. The van der Waals surface area contributed by atoms with Crippen molar-refractivity contribution in [1.29, 1.82) is 0 Å². The van der Waals surface area contributed by atoms with Crippen LogP contribution in [0.3, 0.4) is 0 Å². The standard InChI is InChI=1S/C13H21N5O4/c1-3-20-5-9(6-21-4-2)22-8-18-7-15-10-11(18)16-13(14)17-12(10)19/h7,9H,3-6,8H2,1-2H3,(H3,14,16,17,19). The van der Waals surface area contributed by atoms with E-state index in [-0.39, 0.29) is 29.9 Å². The van der Waals surface area contributed by atoms with Gasteiger partial charge in [0.05, 0.1) is 19.5 Å². The molecular formula is C13H21N5O4. The van der Waals surface area contributed by atoms with Crippen LogP contribution in [-0.4, -0.2) is 52.1 Å². The molecule has 0 unspecified atom stereocenters. The average molecular weight is 311 g/mol. The van der Waals surface area contributed by atoms with Crippen molar-refractivity contribution in [3.63, 3.8) is 0 Å². The highest BCUT2D eigenvalue weighted by Gasteiger charge is 2.13. The summed E-state index contributed by atoms with van der Waals surface area (Å²) in [6.45, 7) is 6.08. The van der Waals surface area contributed by atoms with Crippen molar-refractivity contribution in [3.05, 3.63) is 16.7 Å². The summed E-state index contributed by atoms with van der Waals surface area (Å²) in [5.41, 5.74) is 5.79. The maximum absolute atomic E-state index is 11.7. The number of fused-ring (bicyclic) bond motifs is 1. The minimum Gasteiger partial charge on any atom is -0.379 e. The number of aromatic amines is 1. The highest BCUT2D eigenvalue weighted by molar-refractivity contribution is 5.70.